The van der Waals surface area contributed by atoms with Gasteiger partial charge in [-0.2, -0.15) is 0 Å². The summed E-state index contributed by atoms with van der Waals surface area (Å²) in [6.45, 7) is 14.7. The second-order valence-corrected chi connectivity index (χ2v) is 12.9. The summed E-state index contributed by atoms with van der Waals surface area (Å²) in [4.78, 5) is 12.4. The van der Waals surface area contributed by atoms with Gasteiger partial charge in [0.05, 0.1) is 26.9 Å². The van der Waals surface area contributed by atoms with Crippen molar-refractivity contribution < 1.29 is 14.3 Å². The Morgan fingerprint density at radius 1 is 1.29 bits per heavy atom. The highest BCUT2D eigenvalue weighted by molar-refractivity contribution is 6.83. The highest BCUT2D eigenvalue weighted by atomic mass is 28.3. The van der Waals surface area contributed by atoms with Crippen molar-refractivity contribution in [2.24, 2.45) is 11.8 Å². The molecule has 0 aromatic carbocycles. The van der Waals surface area contributed by atoms with Crippen LogP contribution in [0.25, 0.3) is 0 Å². The zero-order chi connectivity index (χ0) is 16.4. The summed E-state index contributed by atoms with van der Waals surface area (Å²) >= 11 is 0. The molecule has 4 heteroatoms. The molecule has 21 heavy (non-hydrogen) atoms. The van der Waals surface area contributed by atoms with Crippen LogP contribution < -0.4 is 0 Å². The first-order valence-electron chi connectivity index (χ1n) is 7.64. The molecule has 120 valence electrons. The van der Waals surface area contributed by atoms with Gasteiger partial charge in [0, 0.05) is 6.42 Å². The third-order valence-electron chi connectivity index (χ3n) is 3.78. The summed E-state index contributed by atoms with van der Waals surface area (Å²) in [6, 6.07) is 0. The Balaban J connectivity index is 3.00. The largest absolute Gasteiger partial charge is 0.501 e. The van der Waals surface area contributed by atoms with Gasteiger partial charge in [0.2, 0.25) is 0 Å². The Bertz CT molecular complexity index is 450. The minimum Gasteiger partial charge on any atom is -0.501 e. The highest BCUT2D eigenvalue weighted by Crippen LogP contribution is 2.37. The fourth-order valence-electron chi connectivity index (χ4n) is 2.66. The van der Waals surface area contributed by atoms with E-state index in [2.05, 4.69) is 25.7 Å². The number of carbonyl (C=O) groups excluding carboxylic acids is 1. The van der Waals surface area contributed by atoms with E-state index in [9.17, 15) is 4.79 Å². The topological polar surface area (TPSA) is 35.5 Å². The van der Waals surface area contributed by atoms with Crippen molar-refractivity contribution in [3.63, 3.8) is 0 Å². The quantitative estimate of drug-likeness (QED) is 0.573. The summed E-state index contributed by atoms with van der Waals surface area (Å²) in [5.74, 6) is 0.860. The van der Waals surface area contributed by atoms with E-state index >= 15 is 0 Å². The molecule has 1 aliphatic rings. The van der Waals surface area contributed by atoms with E-state index in [1.54, 1.807) is 7.11 Å². The lowest BCUT2D eigenvalue weighted by Crippen LogP contribution is -2.38. The molecular formula is C17H30O3Si. The Kier molecular flexibility index (Phi) is 5.48. The maximum absolute atomic E-state index is 12.4. The van der Waals surface area contributed by atoms with Crippen LogP contribution in [0.2, 0.25) is 19.6 Å². The van der Waals surface area contributed by atoms with E-state index in [-0.39, 0.29) is 17.8 Å². The van der Waals surface area contributed by atoms with Gasteiger partial charge >= 0.3 is 5.97 Å². The molecule has 0 radical (unpaired) electrons. The average Bonchev–Trinajstić information content (AvgIpc) is 2.33. The number of hydrogen-bond acceptors (Lipinski definition) is 3. The number of rotatable bonds is 4. The zero-order valence-corrected chi connectivity index (χ0v) is 15.7. The summed E-state index contributed by atoms with van der Waals surface area (Å²) in [7, 11) is 0.213. The molecule has 0 N–H and O–H groups in total. The fraction of sp³-hybridized carbons (Fsp3) is 0.706. The van der Waals surface area contributed by atoms with Crippen LogP contribution in [-0.4, -0.2) is 26.8 Å². The van der Waals surface area contributed by atoms with Crippen LogP contribution in [0.15, 0.2) is 23.1 Å². The lowest BCUT2D eigenvalue weighted by molar-refractivity contribution is -0.160. The Morgan fingerprint density at radius 2 is 1.86 bits per heavy atom. The molecule has 0 saturated heterocycles. The molecule has 0 aliphatic heterocycles. The lowest BCUT2D eigenvalue weighted by atomic mass is 9.87. The van der Waals surface area contributed by atoms with Crippen molar-refractivity contribution >= 4 is 14.0 Å². The van der Waals surface area contributed by atoms with Gasteiger partial charge in [0.15, 0.2) is 0 Å². The van der Waals surface area contributed by atoms with E-state index in [4.69, 9.17) is 9.47 Å². The van der Waals surface area contributed by atoms with Gasteiger partial charge in [-0.15, -0.1) is 0 Å². The monoisotopic (exact) mass is 310 g/mol. The maximum Gasteiger partial charge on any atom is 0.309 e. The van der Waals surface area contributed by atoms with E-state index in [1.165, 1.54) is 5.20 Å². The number of esters is 1. The van der Waals surface area contributed by atoms with Crippen molar-refractivity contribution in [2.45, 2.75) is 59.4 Å². The first-order chi connectivity index (χ1) is 9.45. The van der Waals surface area contributed by atoms with Crippen molar-refractivity contribution in [1.82, 2.24) is 0 Å². The van der Waals surface area contributed by atoms with Crippen molar-refractivity contribution in [2.75, 3.05) is 7.11 Å². The Labute approximate surface area is 130 Å². The van der Waals surface area contributed by atoms with Crippen LogP contribution in [-0.2, 0) is 14.3 Å². The standard InChI is InChI=1S/C17H30O3Si/c1-12(16(18)20-17(2,3)4)14-11-13(19-5)9-10-15(14)21(6,7)8/h9-10,12,14H,11H2,1-8H3/t12-,14-/m1/s1. The van der Waals surface area contributed by atoms with Crippen LogP contribution in [0.4, 0.5) is 0 Å². The number of ether oxygens (including phenoxy) is 2. The summed E-state index contributed by atoms with van der Waals surface area (Å²) in [5.41, 5.74) is -0.441. The van der Waals surface area contributed by atoms with Gasteiger partial charge in [0.25, 0.3) is 0 Å². The molecule has 3 nitrogen and oxygen atoms in total. The first-order valence-corrected chi connectivity index (χ1v) is 11.1. The predicted octanol–water partition coefficient (Wildman–Crippen LogP) is 4.32. The smallest absolute Gasteiger partial charge is 0.309 e. The molecule has 0 unspecified atom stereocenters. The van der Waals surface area contributed by atoms with Crippen molar-refractivity contribution in [1.29, 1.82) is 0 Å². The summed E-state index contributed by atoms with van der Waals surface area (Å²) in [6.07, 6.45) is 5.00. The van der Waals surface area contributed by atoms with E-state index in [1.807, 2.05) is 33.8 Å². The molecule has 0 saturated carbocycles. The minimum absolute atomic E-state index is 0.117. The van der Waals surface area contributed by atoms with Crippen molar-refractivity contribution in [3.05, 3.63) is 23.1 Å². The third kappa shape index (κ3) is 5.02. The lowest BCUT2D eigenvalue weighted by Gasteiger charge is -2.35. The second kappa shape index (κ2) is 6.38. The van der Waals surface area contributed by atoms with E-state index in [0.717, 1.165) is 12.2 Å². The van der Waals surface area contributed by atoms with E-state index < -0.39 is 13.7 Å². The molecule has 1 rings (SSSR count). The minimum atomic E-state index is -1.48. The predicted molar refractivity (Wildman–Crippen MR) is 89.6 cm³/mol. The number of methoxy groups -OCH3 is 1. The average molecular weight is 311 g/mol. The molecule has 2 atom stereocenters. The second-order valence-electron chi connectivity index (χ2n) is 7.84. The maximum atomic E-state index is 12.4. The van der Waals surface area contributed by atoms with Gasteiger partial charge in [-0.25, -0.2) is 0 Å². The fourth-order valence-corrected chi connectivity index (χ4v) is 4.71. The van der Waals surface area contributed by atoms with Crippen molar-refractivity contribution in [3.8, 4) is 0 Å². The highest BCUT2D eigenvalue weighted by Gasteiger charge is 2.37. The van der Waals surface area contributed by atoms with Gasteiger partial charge in [-0.05, 0) is 32.8 Å². The van der Waals surface area contributed by atoms with Crippen LogP contribution in [0.1, 0.15) is 34.1 Å². The summed E-state index contributed by atoms with van der Waals surface area (Å²) in [5, 5.41) is 1.42. The molecule has 0 heterocycles. The summed E-state index contributed by atoms with van der Waals surface area (Å²) < 4.78 is 11.0. The molecule has 0 fully saturated rings. The van der Waals surface area contributed by atoms with Crippen LogP contribution >= 0.6 is 0 Å². The SMILES string of the molecule is COC1=CC=C([Si](C)(C)C)[C@@H]([C@@H](C)C(=O)OC(C)(C)C)C1. The third-order valence-corrected chi connectivity index (χ3v) is 6.05. The molecule has 0 amide bonds. The van der Waals surface area contributed by atoms with Gasteiger partial charge in [0.1, 0.15) is 5.60 Å². The molecule has 1 aliphatic carbocycles. The normalized spacial score (nSPS) is 21.2. The molecule has 0 spiro atoms. The zero-order valence-electron chi connectivity index (χ0n) is 14.7. The molecular weight excluding hydrogens is 280 g/mol. The van der Waals surface area contributed by atoms with Crippen LogP contribution in [0.5, 0.6) is 0 Å². The number of allylic oxidation sites excluding steroid dienone is 4. The Hall–Kier alpha value is -1.03. The molecule has 0 bridgehead atoms. The first kappa shape index (κ1) is 18.0. The van der Waals surface area contributed by atoms with Gasteiger partial charge in [-0.3, -0.25) is 4.79 Å². The van der Waals surface area contributed by atoms with Gasteiger partial charge in [-0.1, -0.05) is 37.8 Å². The van der Waals surface area contributed by atoms with E-state index in [0.29, 0.717) is 0 Å². The number of hydrogen-bond donors (Lipinski definition) is 0. The molecule has 0 aromatic heterocycles. The molecule has 0 aromatic rings. The number of carbonyl (C=O) groups is 1. The van der Waals surface area contributed by atoms with Gasteiger partial charge < -0.3 is 9.47 Å². The Morgan fingerprint density at radius 3 is 2.29 bits per heavy atom. The van der Waals surface area contributed by atoms with Crippen LogP contribution in [0, 0.1) is 11.8 Å². The van der Waals surface area contributed by atoms with Crippen LogP contribution in [0.3, 0.4) is 0 Å².